The average molecular weight is 450 g/mol. The number of nitrogens with one attached hydrogen (secondary N) is 1. The lowest BCUT2D eigenvalue weighted by atomic mass is 10.1. The Morgan fingerprint density at radius 1 is 1.25 bits per heavy atom. The fourth-order valence-electron chi connectivity index (χ4n) is 4.04. The van der Waals surface area contributed by atoms with Gasteiger partial charge in [0.2, 0.25) is 5.43 Å². The van der Waals surface area contributed by atoms with Gasteiger partial charge in [0, 0.05) is 30.4 Å². The lowest BCUT2D eigenvalue weighted by Crippen LogP contribution is -2.58. The largest absolute Gasteiger partial charge is 0.502 e. The molecule has 2 aromatic rings. The Hall–Kier alpha value is -3.50. The molecule has 2 aliphatic rings. The van der Waals surface area contributed by atoms with E-state index in [1.807, 2.05) is 6.92 Å². The van der Waals surface area contributed by atoms with E-state index >= 15 is 0 Å². The van der Waals surface area contributed by atoms with Crippen molar-refractivity contribution in [3.8, 4) is 5.75 Å². The number of halogens is 3. The molecule has 0 unspecified atom stereocenters. The second-order valence-corrected chi connectivity index (χ2v) is 7.92. The van der Waals surface area contributed by atoms with Crippen LogP contribution in [0.2, 0.25) is 0 Å². The van der Waals surface area contributed by atoms with E-state index < -0.39 is 52.9 Å². The van der Waals surface area contributed by atoms with E-state index in [1.54, 1.807) is 5.01 Å². The van der Waals surface area contributed by atoms with Crippen LogP contribution in [0.3, 0.4) is 0 Å². The molecule has 170 valence electrons. The van der Waals surface area contributed by atoms with Gasteiger partial charge in [-0.1, -0.05) is 6.07 Å². The van der Waals surface area contributed by atoms with Gasteiger partial charge in [-0.05, 0) is 25.8 Å². The number of alkyl halides is 1. The first-order chi connectivity index (χ1) is 15.2. The second-order valence-electron chi connectivity index (χ2n) is 7.92. The van der Waals surface area contributed by atoms with Crippen molar-refractivity contribution in [3.05, 3.63) is 63.1 Å². The topological polar surface area (TPSA) is 94.9 Å². The number of carbonyl (C=O) groups excluding carboxylic acids is 2. The fraction of sp³-hybridized carbons (Fsp3) is 0.381. The third kappa shape index (κ3) is 3.57. The van der Waals surface area contributed by atoms with Gasteiger partial charge in [-0.2, -0.15) is 0 Å². The number of aromatic hydroxyl groups is 1. The van der Waals surface area contributed by atoms with Crippen LogP contribution in [0.1, 0.15) is 46.2 Å². The Kier molecular flexibility index (Phi) is 5.57. The summed E-state index contributed by atoms with van der Waals surface area (Å²) in [5.41, 5.74) is -1.86. The highest BCUT2D eigenvalue weighted by molar-refractivity contribution is 5.99. The molecule has 1 aromatic heterocycles. The van der Waals surface area contributed by atoms with Gasteiger partial charge < -0.3 is 15.3 Å². The van der Waals surface area contributed by atoms with E-state index in [2.05, 4.69) is 5.32 Å². The minimum absolute atomic E-state index is 0.00579. The molecule has 32 heavy (non-hydrogen) atoms. The minimum atomic E-state index is -1.08. The molecule has 2 atom stereocenters. The van der Waals surface area contributed by atoms with E-state index in [-0.39, 0.29) is 30.5 Å². The summed E-state index contributed by atoms with van der Waals surface area (Å²) < 4.78 is 41.6. The van der Waals surface area contributed by atoms with Crippen molar-refractivity contribution < 1.29 is 27.9 Å². The van der Waals surface area contributed by atoms with Gasteiger partial charge in [0.15, 0.2) is 11.4 Å². The summed E-state index contributed by atoms with van der Waals surface area (Å²) in [7, 11) is 0. The minimum Gasteiger partial charge on any atom is -0.502 e. The first-order valence-corrected chi connectivity index (χ1v) is 10.1. The van der Waals surface area contributed by atoms with Crippen LogP contribution in [0.5, 0.6) is 5.75 Å². The van der Waals surface area contributed by atoms with Crippen LogP contribution in [0, 0.1) is 11.6 Å². The highest BCUT2D eigenvalue weighted by atomic mass is 19.1. The van der Waals surface area contributed by atoms with Gasteiger partial charge in [-0.3, -0.25) is 24.1 Å². The smallest absolute Gasteiger partial charge is 0.278 e. The van der Waals surface area contributed by atoms with Crippen LogP contribution in [-0.2, 0) is 6.54 Å². The summed E-state index contributed by atoms with van der Waals surface area (Å²) >= 11 is 0. The van der Waals surface area contributed by atoms with Crippen molar-refractivity contribution in [1.29, 1.82) is 0 Å². The van der Waals surface area contributed by atoms with Gasteiger partial charge in [0.05, 0.1) is 6.04 Å². The molecule has 0 spiro atoms. The van der Waals surface area contributed by atoms with Crippen molar-refractivity contribution in [2.24, 2.45) is 0 Å². The quantitative estimate of drug-likeness (QED) is 0.739. The maximum absolute atomic E-state index is 13.8. The van der Waals surface area contributed by atoms with Crippen molar-refractivity contribution >= 4 is 11.8 Å². The number of benzene rings is 1. The summed E-state index contributed by atoms with van der Waals surface area (Å²) in [6, 6.07) is 2.02. The summed E-state index contributed by atoms with van der Waals surface area (Å²) in [6.07, 6.45) is 2.11. The summed E-state index contributed by atoms with van der Waals surface area (Å²) in [5.74, 6) is -4.15. The van der Waals surface area contributed by atoms with Crippen LogP contribution in [0.4, 0.5) is 13.2 Å². The first-order valence-electron chi connectivity index (χ1n) is 10.1. The Balaban J connectivity index is 1.69. The molecule has 1 aromatic carbocycles. The number of amides is 2. The van der Waals surface area contributed by atoms with Crippen molar-refractivity contribution in [2.75, 3.05) is 18.4 Å². The molecule has 4 rings (SSSR count). The van der Waals surface area contributed by atoms with E-state index in [0.29, 0.717) is 18.9 Å². The number of fused-ring (bicyclic) bond motifs is 4. The molecular weight excluding hydrogens is 429 g/mol. The van der Waals surface area contributed by atoms with Crippen LogP contribution in [0.15, 0.2) is 29.2 Å². The lowest BCUT2D eigenvalue weighted by Gasteiger charge is -2.41. The zero-order chi connectivity index (χ0) is 23.2. The third-order valence-corrected chi connectivity index (χ3v) is 5.95. The molecule has 2 N–H and O–H groups in total. The predicted octanol–water partition coefficient (Wildman–Crippen LogP) is 1.63. The summed E-state index contributed by atoms with van der Waals surface area (Å²) in [5, 5.41) is 14.5. The SMILES string of the molecule is C[C@@H]1CC[C@@H](CF)N2CN1n1cc(C(=O)NCc3ccc(F)cc3F)c(=O)c(O)c1C2=O. The van der Waals surface area contributed by atoms with E-state index in [4.69, 9.17) is 0 Å². The zero-order valence-electron chi connectivity index (χ0n) is 17.1. The molecule has 1 saturated heterocycles. The van der Waals surface area contributed by atoms with E-state index in [0.717, 1.165) is 18.3 Å². The number of rotatable bonds is 4. The molecule has 0 radical (unpaired) electrons. The Morgan fingerprint density at radius 3 is 2.69 bits per heavy atom. The summed E-state index contributed by atoms with van der Waals surface area (Å²) in [4.78, 5) is 39.5. The molecule has 8 nitrogen and oxygen atoms in total. The van der Waals surface area contributed by atoms with Gasteiger partial charge in [-0.15, -0.1) is 0 Å². The second kappa shape index (κ2) is 8.21. The van der Waals surface area contributed by atoms with Crippen LogP contribution in [-0.4, -0.2) is 51.9 Å². The number of nitrogens with zero attached hydrogens (tertiary/aromatic N) is 3. The third-order valence-electron chi connectivity index (χ3n) is 5.95. The van der Waals surface area contributed by atoms with Gasteiger partial charge in [0.25, 0.3) is 11.8 Å². The highest BCUT2D eigenvalue weighted by Crippen LogP contribution is 2.29. The molecule has 1 fully saturated rings. The number of hydrogen-bond acceptors (Lipinski definition) is 5. The van der Waals surface area contributed by atoms with E-state index in [1.165, 1.54) is 9.58 Å². The maximum atomic E-state index is 13.8. The molecule has 0 aliphatic carbocycles. The number of pyridine rings is 1. The molecule has 3 heterocycles. The van der Waals surface area contributed by atoms with Crippen LogP contribution < -0.4 is 15.8 Å². The molecule has 11 heteroatoms. The standard InChI is InChI=1S/C21H21F3N4O4/c1-11-2-5-14(7-22)26-10-28(11)27-9-15(18(29)19(30)17(27)21(26)32)20(31)25-8-12-3-4-13(23)6-16(12)24/h3-4,6,9,11,14,30H,2,5,7-8,10H2,1H3,(H,25,31)/t11-,14+/m1/s1. The zero-order valence-corrected chi connectivity index (χ0v) is 17.1. The number of aromatic nitrogens is 1. The Labute approximate surface area is 180 Å². The number of carbonyl (C=O) groups is 2. The lowest BCUT2D eigenvalue weighted by molar-refractivity contribution is 0.0581. The Bertz CT molecular complexity index is 1150. The van der Waals surface area contributed by atoms with Crippen molar-refractivity contribution in [1.82, 2.24) is 14.9 Å². The summed E-state index contributed by atoms with van der Waals surface area (Å²) in [6.45, 7) is 0.811. The van der Waals surface area contributed by atoms with Crippen LogP contribution in [0.25, 0.3) is 0 Å². The molecule has 2 amide bonds. The highest BCUT2D eigenvalue weighted by Gasteiger charge is 2.41. The van der Waals surface area contributed by atoms with Crippen LogP contribution >= 0.6 is 0 Å². The van der Waals surface area contributed by atoms with Crippen molar-refractivity contribution in [3.63, 3.8) is 0 Å². The van der Waals surface area contributed by atoms with Gasteiger partial charge in [0.1, 0.15) is 30.5 Å². The normalized spacial score (nSPS) is 20.1. The monoisotopic (exact) mass is 450 g/mol. The molecule has 2 bridgehead atoms. The molecular formula is C21H21F3N4O4. The first kappa shape index (κ1) is 21.7. The molecule has 2 aliphatic heterocycles. The van der Waals surface area contributed by atoms with E-state index in [9.17, 15) is 32.7 Å². The number of hydrogen-bond donors (Lipinski definition) is 2. The average Bonchev–Trinajstić information content (AvgIpc) is 2.90. The maximum Gasteiger partial charge on any atom is 0.278 e. The van der Waals surface area contributed by atoms with Gasteiger partial charge >= 0.3 is 0 Å². The van der Waals surface area contributed by atoms with Crippen molar-refractivity contribution in [2.45, 2.75) is 38.4 Å². The fourth-order valence-corrected chi connectivity index (χ4v) is 4.04. The van der Waals surface area contributed by atoms with Gasteiger partial charge in [-0.25, -0.2) is 13.2 Å². The predicted molar refractivity (Wildman–Crippen MR) is 108 cm³/mol. The molecule has 0 saturated carbocycles. The Morgan fingerprint density at radius 2 is 2.00 bits per heavy atom.